The first-order valence-electron chi connectivity index (χ1n) is 8.32. The van der Waals surface area contributed by atoms with Gasteiger partial charge in [-0.1, -0.05) is 24.3 Å². The third-order valence-corrected chi connectivity index (χ3v) is 3.76. The second kappa shape index (κ2) is 10.1. The number of hydrogen-bond acceptors (Lipinski definition) is 5. The van der Waals surface area contributed by atoms with Crippen molar-refractivity contribution in [2.45, 2.75) is 13.3 Å². The smallest absolute Gasteiger partial charge is 0.344 e. The molecular formula is C20H23NO5. The van der Waals surface area contributed by atoms with E-state index >= 15 is 0 Å². The van der Waals surface area contributed by atoms with E-state index in [1.165, 1.54) is 11.1 Å². The summed E-state index contributed by atoms with van der Waals surface area (Å²) < 4.78 is 15.2. The molecule has 0 saturated heterocycles. The lowest BCUT2D eigenvalue weighted by Gasteiger charge is -2.09. The number of amides is 1. The van der Waals surface area contributed by atoms with Gasteiger partial charge in [-0.05, 0) is 48.7 Å². The highest BCUT2D eigenvalue weighted by Gasteiger charge is 2.08. The Hall–Kier alpha value is -3.02. The fraction of sp³-hybridized carbons (Fsp3) is 0.300. The largest absolute Gasteiger partial charge is 0.497 e. The van der Waals surface area contributed by atoms with Crippen LogP contribution in [0.2, 0.25) is 0 Å². The van der Waals surface area contributed by atoms with Crippen LogP contribution >= 0.6 is 0 Å². The Labute approximate surface area is 153 Å². The molecule has 0 unspecified atom stereocenters. The normalized spacial score (nSPS) is 10.1. The lowest BCUT2D eigenvalue weighted by molar-refractivity contribution is -0.150. The zero-order valence-corrected chi connectivity index (χ0v) is 15.0. The van der Waals surface area contributed by atoms with Gasteiger partial charge in [0.25, 0.3) is 5.91 Å². The molecule has 0 bridgehead atoms. The van der Waals surface area contributed by atoms with Crippen LogP contribution in [0.25, 0.3) is 0 Å². The van der Waals surface area contributed by atoms with Crippen molar-refractivity contribution in [2.24, 2.45) is 0 Å². The van der Waals surface area contributed by atoms with E-state index < -0.39 is 5.97 Å². The van der Waals surface area contributed by atoms with E-state index in [2.05, 4.69) is 5.32 Å². The van der Waals surface area contributed by atoms with Gasteiger partial charge >= 0.3 is 5.97 Å². The number of nitrogens with one attached hydrogen (secondary N) is 1. The average molecular weight is 357 g/mol. The fourth-order valence-electron chi connectivity index (χ4n) is 2.28. The third kappa shape index (κ3) is 6.47. The highest BCUT2D eigenvalue weighted by Crippen LogP contribution is 2.16. The molecule has 0 spiro atoms. The number of ether oxygens (including phenoxy) is 3. The van der Waals surface area contributed by atoms with Crippen molar-refractivity contribution in [3.63, 3.8) is 0 Å². The number of rotatable bonds is 9. The molecule has 0 atom stereocenters. The Morgan fingerprint density at radius 1 is 0.962 bits per heavy atom. The molecule has 6 nitrogen and oxygen atoms in total. The Morgan fingerprint density at radius 2 is 1.65 bits per heavy atom. The average Bonchev–Trinajstić information content (AvgIpc) is 2.66. The van der Waals surface area contributed by atoms with Gasteiger partial charge in [-0.2, -0.15) is 0 Å². The van der Waals surface area contributed by atoms with E-state index in [4.69, 9.17) is 14.2 Å². The number of aryl methyl sites for hydroxylation is 1. The Morgan fingerprint density at radius 3 is 2.35 bits per heavy atom. The van der Waals surface area contributed by atoms with Crippen LogP contribution in [0.1, 0.15) is 11.1 Å². The Kier molecular flexibility index (Phi) is 7.49. The number of carbonyl (C=O) groups excluding carboxylic acids is 2. The van der Waals surface area contributed by atoms with Crippen LogP contribution in [0, 0.1) is 6.92 Å². The summed E-state index contributed by atoms with van der Waals surface area (Å²) in [6.45, 7) is 1.94. The van der Waals surface area contributed by atoms with Gasteiger partial charge in [-0.15, -0.1) is 0 Å². The summed E-state index contributed by atoms with van der Waals surface area (Å²) >= 11 is 0. The van der Waals surface area contributed by atoms with Crippen molar-refractivity contribution in [1.82, 2.24) is 5.32 Å². The highest BCUT2D eigenvalue weighted by atomic mass is 16.6. The van der Waals surface area contributed by atoms with Crippen LogP contribution in [0.4, 0.5) is 0 Å². The summed E-state index contributed by atoms with van der Waals surface area (Å²) in [4.78, 5) is 23.4. The molecule has 1 amide bonds. The molecule has 2 aromatic rings. The van der Waals surface area contributed by atoms with Crippen LogP contribution in [-0.2, 0) is 20.7 Å². The standard InChI is InChI=1S/C20H23NO5/c1-15-5-3-4-6-16(15)11-12-21-19(22)13-26-20(23)14-25-18-9-7-17(24-2)8-10-18/h3-10H,11-14H2,1-2H3,(H,21,22). The van der Waals surface area contributed by atoms with E-state index in [9.17, 15) is 9.59 Å². The molecule has 138 valence electrons. The summed E-state index contributed by atoms with van der Waals surface area (Å²) in [6, 6.07) is 14.8. The van der Waals surface area contributed by atoms with E-state index in [1.807, 2.05) is 31.2 Å². The summed E-state index contributed by atoms with van der Waals surface area (Å²) in [7, 11) is 1.57. The van der Waals surface area contributed by atoms with Crippen molar-refractivity contribution in [3.8, 4) is 11.5 Å². The minimum atomic E-state index is -0.602. The molecule has 0 heterocycles. The predicted molar refractivity (Wildman–Crippen MR) is 97.3 cm³/mol. The molecule has 1 N–H and O–H groups in total. The van der Waals surface area contributed by atoms with E-state index in [1.54, 1.807) is 31.4 Å². The lowest BCUT2D eigenvalue weighted by atomic mass is 10.1. The van der Waals surface area contributed by atoms with Crippen molar-refractivity contribution < 1.29 is 23.8 Å². The minimum absolute atomic E-state index is 0.261. The van der Waals surface area contributed by atoms with Crippen molar-refractivity contribution in [3.05, 3.63) is 59.7 Å². The van der Waals surface area contributed by atoms with Crippen molar-refractivity contribution >= 4 is 11.9 Å². The molecular weight excluding hydrogens is 334 g/mol. The Balaban J connectivity index is 1.62. The van der Waals surface area contributed by atoms with Gasteiger partial charge in [0.2, 0.25) is 0 Å². The maximum absolute atomic E-state index is 11.7. The van der Waals surface area contributed by atoms with Gasteiger partial charge in [0.1, 0.15) is 11.5 Å². The zero-order chi connectivity index (χ0) is 18.8. The van der Waals surface area contributed by atoms with E-state index in [0.717, 1.165) is 6.42 Å². The molecule has 0 radical (unpaired) electrons. The van der Waals surface area contributed by atoms with Gasteiger partial charge in [-0.25, -0.2) is 4.79 Å². The zero-order valence-electron chi connectivity index (χ0n) is 15.0. The highest BCUT2D eigenvalue weighted by molar-refractivity contribution is 5.80. The molecule has 2 rings (SSSR count). The first-order valence-corrected chi connectivity index (χ1v) is 8.32. The molecule has 6 heteroatoms. The van der Waals surface area contributed by atoms with Crippen LogP contribution in [0.5, 0.6) is 11.5 Å². The molecule has 0 aliphatic heterocycles. The first-order chi connectivity index (χ1) is 12.6. The van der Waals surface area contributed by atoms with Gasteiger partial charge in [0, 0.05) is 6.54 Å². The van der Waals surface area contributed by atoms with Crippen LogP contribution in [-0.4, -0.2) is 38.7 Å². The maximum atomic E-state index is 11.7. The SMILES string of the molecule is COc1ccc(OCC(=O)OCC(=O)NCCc2ccccc2C)cc1. The van der Waals surface area contributed by atoms with Crippen LogP contribution in [0.3, 0.4) is 0 Å². The number of esters is 1. The maximum Gasteiger partial charge on any atom is 0.344 e. The minimum Gasteiger partial charge on any atom is -0.497 e. The van der Waals surface area contributed by atoms with E-state index in [-0.39, 0.29) is 19.1 Å². The second-order valence-electron chi connectivity index (χ2n) is 5.65. The molecule has 0 aliphatic carbocycles. The predicted octanol–water partition coefficient (Wildman–Crippen LogP) is 2.28. The topological polar surface area (TPSA) is 73.9 Å². The number of hydrogen-bond donors (Lipinski definition) is 1. The lowest BCUT2D eigenvalue weighted by Crippen LogP contribution is -2.31. The van der Waals surface area contributed by atoms with Crippen molar-refractivity contribution in [1.29, 1.82) is 0 Å². The molecule has 0 saturated carbocycles. The fourth-order valence-corrected chi connectivity index (χ4v) is 2.28. The van der Waals surface area contributed by atoms with Gasteiger partial charge < -0.3 is 19.5 Å². The quantitative estimate of drug-likeness (QED) is 0.697. The molecule has 2 aromatic carbocycles. The molecule has 0 fully saturated rings. The Bertz CT molecular complexity index is 727. The third-order valence-electron chi connectivity index (χ3n) is 3.76. The van der Waals surface area contributed by atoms with Gasteiger partial charge in [-0.3, -0.25) is 4.79 Å². The summed E-state index contributed by atoms with van der Waals surface area (Å²) in [5.41, 5.74) is 2.36. The summed E-state index contributed by atoms with van der Waals surface area (Å²) in [5, 5.41) is 2.73. The summed E-state index contributed by atoms with van der Waals surface area (Å²) in [6.07, 6.45) is 0.729. The first kappa shape index (κ1) is 19.3. The number of benzene rings is 2. The number of methoxy groups -OCH3 is 1. The molecule has 0 aliphatic rings. The second-order valence-corrected chi connectivity index (χ2v) is 5.65. The molecule has 26 heavy (non-hydrogen) atoms. The van der Waals surface area contributed by atoms with Gasteiger partial charge in [0.15, 0.2) is 13.2 Å². The van der Waals surface area contributed by atoms with Crippen molar-refractivity contribution in [2.75, 3.05) is 26.9 Å². The molecule has 0 aromatic heterocycles. The monoisotopic (exact) mass is 357 g/mol. The van der Waals surface area contributed by atoms with Crippen LogP contribution in [0.15, 0.2) is 48.5 Å². The number of carbonyl (C=O) groups is 2. The summed E-state index contributed by atoms with van der Waals surface area (Å²) in [5.74, 6) is 0.277. The van der Waals surface area contributed by atoms with Gasteiger partial charge in [0.05, 0.1) is 7.11 Å². The van der Waals surface area contributed by atoms with E-state index in [0.29, 0.717) is 18.0 Å². The van der Waals surface area contributed by atoms with Crippen LogP contribution < -0.4 is 14.8 Å².